The van der Waals surface area contributed by atoms with Gasteiger partial charge in [-0.2, -0.15) is 5.10 Å². The van der Waals surface area contributed by atoms with Crippen LogP contribution in [0.15, 0.2) is 30.9 Å². The highest BCUT2D eigenvalue weighted by Crippen LogP contribution is 2.30. The van der Waals surface area contributed by atoms with Crippen molar-refractivity contribution in [3.05, 3.63) is 36.7 Å². The summed E-state index contributed by atoms with van der Waals surface area (Å²) in [5.74, 6) is 0.471. The average molecular weight is 416 g/mol. The first kappa shape index (κ1) is 21.2. The molecule has 2 aromatic rings. The molecule has 0 radical (unpaired) electrons. The Labute approximate surface area is 179 Å². The van der Waals surface area contributed by atoms with Crippen LogP contribution in [0.25, 0.3) is 5.69 Å². The molecular weight excluding hydrogens is 381 g/mol. The maximum Gasteiger partial charge on any atom is 0.167 e. The van der Waals surface area contributed by atoms with Crippen molar-refractivity contribution in [2.75, 3.05) is 32.8 Å². The molecule has 2 aliphatic rings. The Balaban J connectivity index is 1.22. The van der Waals surface area contributed by atoms with E-state index in [1.807, 2.05) is 0 Å². The number of benzene rings is 1. The number of aromatic nitrogens is 3. The van der Waals surface area contributed by atoms with E-state index in [-0.39, 0.29) is 11.4 Å². The first-order valence-corrected chi connectivity index (χ1v) is 11.2. The lowest BCUT2D eigenvalue weighted by Crippen LogP contribution is -2.56. The summed E-state index contributed by atoms with van der Waals surface area (Å²) in [5.41, 5.74) is 0.911. The maximum atomic E-state index is 14.4. The summed E-state index contributed by atoms with van der Waals surface area (Å²) in [6, 6.07) is 5.63. The van der Waals surface area contributed by atoms with Crippen LogP contribution in [-0.2, 0) is 0 Å². The Hall–Kier alpha value is -1.99. The van der Waals surface area contributed by atoms with Crippen molar-refractivity contribution in [1.82, 2.24) is 24.6 Å². The van der Waals surface area contributed by atoms with Gasteiger partial charge in [0.2, 0.25) is 0 Å². The van der Waals surface area contributed by atoms with Crippen LogP contribution in [0, 0.1) is 11.7 Å². The highest BCUT2D eigenvalue weighted by Gasteiger charge is 2.31. The molecule has 0 bridgehead atoms. The van der Waals surface area contributed by atoms with Gasteiger partial charge >= 0.3 is 0 Å². The zero-order chi connectivity index (χ0) is 21.1. The average Bonchev–Trinajstić information content (AvgIpc) is 3.28. The summed E-state index contributed by atoms with van der Waals surface area (Å²) in [5, 5.41) is 4.03. The van der Waals surface area contributed by atoms with Crippen LogP contribution in [-0.4, -0.2) is 68.9 Å². The molecule has 1 aromatic carbocycles. The SMILES string of the molecule is CC(C)(C)N1CCN(C2CCC(COc3ccc(-n4cncn4)cc3F)CC2)CC1. The van der Waals surface area contributed by atoms with Gasteiger partial charge in [0.1, 0.15) is 12.7 Å². The molecule has 1 saturated heterocycles. The van der Waals surface area contributed by atoms with Gasteiger partial charge in [0.25, 0.3) is 0 Å². The highest BCUT2D eigenvalue weighted by molar-refractivity contribution is 5.37. The van der Waals surface area contributed by atoms with Gasteiger partial charge < -0.3 is 4.74 Å². The number of piperazine rings is 1. The summed E-state index contributed by atoms with van der Waals surface area (Å²) in [4.78, 5) is 9.17. The molecule has 0 amide bonds. The minimum Gasteiger partial charge on any atom is -0.490 e. The Kier molecular flexibility index (Phi) is 6.39. The monoisotopic (exact) mass is 415 g/mol. The number of hydrogen-bond acceptors (Lipinski definition) is 5. The number of nitrogens with zero attached hydrogens (tertiary/aromatic N) is 5. The van der Waals surface area contributed by atoms with Gasteiger partial charge in [-0.05, 0) is 64.5 Å². The third-order valence-corrected chi connectivity index (χ3v) is 6.67. The summed E-state index contributed by atoms with van der Waals surface area (Å²) in [6.07, 6.45) is 7.74. The van der Waals surface area contributed by atoms with E-state index in [0.717, 1.165) is 25.9 Å². The molecule has 30 heavy (non-hydrogen) atoms. The second kappa shape index (κ2) is 9.02. The van der Waals surface area contributed by atoms with Gasteiger partial charge in [0.15, 0.2) is 11.6 Å². The van der Waals surface area contributed by atoms with E-state index in [4.69, 9.17) is 4.74 Å². The minimum atomic E-state index is -0.353. The predicted molar refractivity (Wildman–Crippen MR) is 115 cm³/mol. The number of rotatable bonds is 5. The lowest BCUT2D eigenvalue weighted by Gasteiger charge is -2.46. The summed E-state index contributed by atoms with van der Waals surface area (Å²) in [6.45, 7) is 12.2. The van der Waals surface area contributed by atoms with Crippen molar-refractivity contribution in [3.8, 4) is 11.4 Å². The molecule has 1 aliphatic carbocycles. The van der Waals surface area contributed by atoms with Gasteiger partial charge in [-0.1, -0.05) is 0 Å². The normalized spacial score (nSPS) is 24.1. The maximum absolute atomic E-state index is 14.4. The molecular formula is C23H34FN5O. The standard InChI is InChI=1S/C23H34FN5O/c1-23(2,3)28-12-10-27(11-13-28)19-6-4-18(5-7-19)15-30-22-9-8-20(14-21(22)24)29-17-25-16-26-29/h8-9,14,16-19H,4-7,10-13,15H2,1-3H3. The van der Waals surface area contributed by atoms with Gasteiger partial charge in [-0.3, -0.25) is 9.80 Å². The summed E-state index contributed by atoms with van der Waals surface area (Å²) in [7, 11) is 0. The van der Waals surface area contributed by atoms with Crippen LogP contribution < -0.4 is 4.74 Å². The van der Waals surface area contributed by atoms with Crippen molar-refractivity contribution in [1.29, 1.82) is 0 Å². The number of hydrogen-bond donors (Lipinski definition) is 0. The predicted octanol–water partition coefficient (Wildman–Crippen LogP) is 3.76. The van der Waals surface area contributed by atoms with Gasteiger partial charge in [0, 0.05) is 43.8 Å². The molecule has 1 aromatic heterocycles. The molecule has 0 N–H and O–H groups in total. The Morgan fingerprint density at radius 3 is 2.40 bits per heavy atom. The summed E-state index contributed by atoms with van der Waals surface area (Å²) < 4.78 is 21.8. The molecule has 4 rings (SSSR count). The third-order valence-electron chi connectivity index (χ3n) is 6.67. The van der Waals surface area contributed by atoms with Crippen LogP contribution in [0.3, 0.4) is 0 Å². The van der Waals surface area contributed by atoms with Crippen LogP contribution >= 0.6 is 0 Å². The van der Waals surface area contributed by atoms with Gasteiger partial charge in [-0.15, -0.1) is 0 Å². The zero-order valence-corrected chi connectivity index (χ0v) is 18.4. The van der Waals surface area contributed by atoms with E-state index in [2.05, 4.69) is 40.7 Å². The van der Waals surface area contributed by atoms with E-state index >= 15 is 0 Å². The molecule has 0 spiro atoms. The molecule has 6 nitrogen and oxygen atoms in total. The van der Waals surface area contributed by atoms with E-state index in [1.54, 1.807) is 18.5 Å². The fourth-order valence-electron chi connectivity index (χ4n) is 4.73. The van der Waals surface area contributed by atoms with Crippen LogP contribution in [0.2, 0.25) is 0 Å². The minimum absolute atomic E-state index is 0.268. The molecule has 2 heterocycles. The zero-order valence-electron chi connectivity index (χ0n) is 18.4. The highest BCUT2D eigenvalue weighted by atomic mass is 19.1. The lowest BCUT2D eigenvalue weighted by molar-refractivity contribution is 0.0263. The fourth-order valence-corrected chi connectivity index (χ4v) is 4.73. The fraction of sp³-hybridized carbons (Fsp3) is 0.652. The first-order chi connectivity index (χ1) is 14.4. The number of ether oxygens (including phenoxy) is 1. The van der Waals surface area contributed by atoms with E-state index in [9.17, 15) is 4.39 Å². The lowest BCUT2D eigenvalue weighted by atomic mass is 9.85. The van der Waals surface area contributed by atoms with Crippen LogP contribution in [0.5, 0.6) is 5.75 Å². The van der Waals surface area contributed by atoms with Crippen molar-refractivity contribution < 1.29 is 9.13 Å². The quantitative estimate of drug-likeness (QED) is 0.744. The van der Waals surface area contributed by atoms with E-state index < -0.39 is 0 Å². The first-order valence-electron chi connectivity index (χ1n) is 11.2. The van der Waals surface area contributed by atoms with Crippen molar-refractivity contribution in [3.63, 3.8) is 0 Å². The molecule has 164 valence electrons. The molecule has 7 heteroatoms. The van der Waals surface area contributed by atoms with Crippen molar-refractivity contribution in [2.24, 2.45) is 5.92 Å². The van der Waals surface area contributed by atoms with E-state index in [1.165, 1.54) is 43.0 Å². The van der Waals surface area contributed by atoms with Crippen LogP contribution in [0.1, 0.15) is 46.5 Å². The van der Waals surface area contributed by atoms with Crippen molar-refractivity contribution >= 4 is 0 Å². The molecule has 1 aliphatic heterocycles. The Morgan fingerprint density at radius 1 is 1.07 bits per heavy atom. The van der Waals surface area contributed by atoms with E-state index in [0.29, 0.717) is 30.0 Å². The molecule has 2 fully saturated rings. The van der Waals surface area contributed by atoms with Crippen LogP contribution in [0.4, 0.5) is 4.39 Å². The number of halogens is 1. The second-order valence-electron chi connectivity index (χ2n) is 9.63. The smallest absolute Gasteiger partial charge is 0.167 e. The van der Waals surface area contributed by atoms with Gasteiger partial charge in [-0.25, -0.2) is 14.1 Å². The summed E-state index contributed by atoms with van der Waals surface area (Å²) >= 11 is 0. The third kappa shape index (κ3) is 5.01. The molecule has 1 saturated carbocycles. The Morgan fingerprint density at radius 2 is 1.80 bits per heavy atom. The van der Waals surface area contributed by atoms with Gasteiger partial charge in [0.05, 0.1) is 12.3 Å². The second-order valence-corrected chi connectivity index (χ2v) is 9.63. The molecule has 0 unspecified atom stereocenters. The van der Waals surface area contributed by atoms with Crippen molar-refractivity contribution in [2.45, 2.75) is 58.0 Å². The topological polar surface area (TPSA) is 46.4 Å². The largest absolute Gasteiger partial charge is 0.490 e. The Bertz CT molecular complexity index is 803. The molecule has 0 atom stereocenters.